The van der Waals surface area contributed by atoms with E-state index in [0.717, 1.165) is 26.0 Å². The van der Waals surface area contributed by atoms with Crippen LogP contribution in [0.15, 0.2) is 22.6 Å². The lowest BCUT2D eigenvalue weighted by Crippen LogP contribution is -2.02. The van der Waals surface area contributed by atoms with Gasteiger partial charge < -0.3 is 14.5 Å². The molecule has 1 aromatic heterocycles. The van der Waals surface area contributed by atoms with Gasteiger partial charge in [0, 0.05) is 32.4 Å². The van der Waals surface area contributed by atoms with Crippen molar-refractivity contribution < 1.29 is 14.1 Å². The van der Waals surface area contributed by atoms with E-state index >= 15 is 0 Å². The highest BCUT2D eigenvalue weighted by molar-refractivity contribution is 5.77. The highest BCUT2D eigenvalue weighted by Gasteiger charge is 2.11. The zero-order valence-corrected chi connectivity index (χ0v) is 10.6. The minimum absolute atomic E-state index is 0.00689. The van der Waals surface area contributed by atoms with Crippen LogP contribution in [0.5, 0.6) is 0 Å². The average molecular weight is 265 g/mol. The van der Waals surface area contributed by atoms with Gasteiger partial charge in [0.2, 0.25) is 0 Å². The first kappa shape index (κ1) is 13.3. The molecule has 7 nitrogen and oxygen atoms in total. The third-order valence-electron chi connectivity index (χ3n) is 2.63. The van der Waals surface area contributed by atoms with E-state index in [1.807, 2.05) is 0 Å². The molecule has 2 rings (SSSR count). The van der Waals surface area contributed by atoms with Crippen LogP contribution in [0.3, 0.4) is 0 Å². The summed E-state index contributed by atoms with van der Waals surface area (Å²) in [7, 11) is 1.67. The molecule has 0 fully saturated rings. The fourth-order valence-corrected chi connectivity index (χ4v) is 1.67. The molecular weight excluding hydrogens is 250 g/mol. The Morgan fingerprint density at radius 1 is 1.47 bits per heavy atom. The highest BCUT2D eigenvalue weighted by Crippen LogP contribution is 2.23. The number of methoxy groups -OCH3 is 1. The first-order valence-electron chi connectivity index (χ1n) is 5.98. The number of nitrogens with zero attached hydrogens (tertiary/aromatic N) is 2. The number of nitro benzene ring substituents is 1. The van der Waals surface area contributed by atoms with E-state index in [-0.39, 0.29) is 5.69 Å². The van der Waals surface area contributed by atoms with Gasteiger partial charge in [-0.05, 0) is 18.9 Å². The molecule has 0 spiro atoms. The molecule has 19 heavy (non-hydrogen) atoms. The van der Waals surface area contributed by atoms with Crippen LogP contribution < -0.4 is 5.32 Å². The van der Waals surface area contributed by atoms with E-state index in [1.54, 1.807) is 13.2 Å². The topological polar surface area (TPSA) is 90.4 Å². The van der Waals surface area contributed by atoms with Crippen LogP contribution in [0.1, 0.15) is 12.8 Å². The second-order valence-corrected chi connectivity index (χ2v) is 4.05. The van der Waals surface area contributed by atoms with Crippen molar-refractivity contribution in [1.82, 2.24) is 4.98 Å². The number of non-ortho nitro benzene ring substituents is 1. The molecule has 0 bridgehead atoms. The minimum atomic E-state index is -0.452. The molecule has 0 aliphatic carbocycles. The van der Waals surface area contributed by atoms with Crippen LogP contribution in [0.4, 0.5) is 11.7 Å². The van der Waals surface area contributed by atoms with Crippen LogP contribution in [0.25, 0.3) is 11.1 Å². The van der Waals surface area contributed by atoms with E-state index in [1.165, 1.54) is 12.1 Å². The van der Waals surface area contributed by atoms with Crippen molar-refractivity contribution in [1.29, 1.82) is 0 Å². The van der Waals surface area contributed by atoms with Crippen molar-refractivity contribution in [3.63, 3.8) is 0 Å². The number of anilines is 1. The second-order valence-electron chi connectivity index (χ2n) is 4.05. The molecule has 102 valence electrons. The normalized spacial score (nSPS) is 10.8. The molecule has 1 aromatic carbocycles. The molecule has 2 aromatic rings. The van der Waals surface area contributed by atoms with Gasteiger partial charge in [-0.2, -0.15) is 4.98 Å². The number of aromatic nitrogens is 1. The summed E-state index contributed by atoms with van der Waals surface area (Å²) < 4.78 is 10.4. The van der Waals surface area contributed by atoms with Gasteiger partial charge in [-0.15, -0.1) is 0 Å². The van der Waals surface area contributed by atoms with E-state index in [0.29, 0.717) is 17.1 Å². The fraction of sp³-hybridized carbons (Fsp3) is 0.417. The minimum Gasteiger partial charge on any atom is -0.424 e. The predicted octanol–water partition coefficient (Wildman–Crippen LogP) is 2.57. The lowest BCUT2D eigenvalue weighted by molar-refractivity contribution is -0.384. The number of unbranched alkanes of at least 4 members (excludes halogenated alkanes) is 1. The van der Waals surface area contributed by atoms with Crippen molar-refractivity contribution in [2.24, 2.45) is 0 Å². The fourth-order valence-electron chi connectivity index (χ4n) is 1.67. The monoisotopic (exact) mass is 265 g/mol. The lowest BCUT2D eigenvalue weighted by atomic mass is 10.3. The maximum atomic E-state index is 10.6. The van der Waals surface area contributed by atoms with Crippen LogP contribution in [0, 0.1) is 10.1 Å². The largest absolute Gasteiger partial charge is 0.424 e. The number of fused-ring (bicyclic) bond motifs is 1. The lowest BCUT2D eigenvalue weighted by Gasteiger charge is -2.00. The molecule has 0 aliphatic heterocycles. The van der Waals surface area contributed by atoms with E-state index in [4.69, 9.17) is 9.15 Å². The summed E-state index contributed by atoms with van der Waals surface area (Å²) in [5.41, 5.74) is 1.02. The number of oxazole rings is 1. The van der Waals surface area contributed by atoms with Crippen molar-refractivity contribution >= 4 is 22.8 Å². The molecule has 0 saturated heterocycles. The number of rotatable bonds is 7. The molecule has 0 radical (unpaired) electrons. The Bertz CT molecular complexity index is 567. The number of ether oxygens (including phenoxy) is 1. The SMILES string of the molecule is COCCCCNc1nc2cc([N+](=O)[O-])ccc2o1. The molecule has 1 N–H and O–H groups in total. The Hall–Kier alpha value is -2.15. The van der Waals surface area contributed by atoms with Gasteiger partial charge in [-0.1, -0.05) is 0 Å². The summed E-state index contributed by atoms with van der Waals surface area (Å²) in [6, 6.07) is 4.73. The van der Waals surface area contributed by atoms with Crippen LogP contribution in [-0.2, 0) is 4.74 Å². The highest BCUT2D eigenvalue weighted by atomic mass is 16.6. The molecule has 0 aliphatic rings. The van der Waals surface area contributed by atoms with Crippen molar-refractivity contribution in [3.8, 4) is 0 Å². The van der Waals surface area contributed by atoms with Crippen LogP contribution in [-0.4, -0.2) is 30.2 Å². The smallest absolute Gasteiger partial charge is 0.295 e. The Labute approximate surface area is 109 Å². The third-order valence-corrected chi connectivity index (χ3v) is 2.63. The number of benzene rings is 1. The van der Waals surface area contributed by atoms with Crippen molar-refractivity contribution in [2.45, 2.75) is 12.8 Å². The summed E-state index contributed by atoms with van der Waals surface area (Å²) in [4.78, 5) is 14.4. The number of hydrogen-bond donors (Lipinski definition) is 1. The standard InChI is InChI=1S/C12H15N3O4/c1-18-7-3-2-6-13-12-14-10-8-9(15(16)17)4-5-11(10)19-12/h4-5,8H,2-3,6-7H2,1H3,(H,13,14). The number of nitrogens with one attached hydrogen (secondary N) is 1. The predicted molar refractivity (Wildman–Crippen MR) is 70.3 cm³/mol. The van der Waals surface area contributed by atoms with E-state index < -0.39 is 4.92 Å². The maximum absolute atomic E-state index is 10.6. The van der Waals surface area contributed by atoms with Crippen LogP contribution in [0.2, 0.25) is 0 Å². The molecule has 0 saturated carbocycles. The van der Waals surface area contributed by atoms with Gasteiger partial charge in [0.25, 0.3) is 11.7 Å². The molecular formula is C12H15N3O4. The summed E-state index contributed by atoms with van der Waals surface area (Å²) in [6.07, 6.45) is 1.89. The second kappa shape index (κ2) is 6.14. The first-order valence-corrected chi connectivity index (χ1v) is 5.98. The zero-order valence-electron chi connectivity index (χ0n) is 10.6. The van der Waals surface area contributed by atoms with Crippen molar-refractivity contribution in [2.75, 3.05) is 25.6 Å². The summed E-state index contributed by atoms with van der Waals surface area (Å²) in [5.74, 6) is 0. The van der Waals surface area contributed by atoms with E-state index in [2.05, 4.69) is 10.3 Å². The molecule has 1 heterocycles. The van der Waals surface area contributed by atoms with Gasteiger partial charge in [0.05, 0.1) is 4.92 Å². The van der Waals surface area contributed by atoms with Gasteiger partial charge in [0.1, 0.15) is 5.52 Å². The molecule has 0 amide bonds. The first-order chi connectivity index (χ1) is 9.20. The quantitative estimate of drug-likeness (QED) is 0.470. The summed E-state index contributed by atoms with van der Waals surface area (Å²) in [6.45, 7) is 1.44. The van der Waals surface area contributed by atoms with Crippen LogP contribution >= 0.6 is 0 Å². The Morgan fingerprint density at radius 3 is 3.05 bits per heavy atom. The van der Waals surface area contributed by atoms with Gasteiger partial charge in [-0.25, -0.2) is 0 Å². The Morgan fingerprint density at radius 2 is 2.32 bits per heavy atom. The Kier molecular flexibility index (Phi) is 4.30. The number of nitro groups is 1. The zero-order chi connectivity index (χ0) is 13.7. The number of hydrogen-bond acceptors (Lipinski definition) is 6. The van der Waals surface area contributed by atoms with Gasteiger partial charge in [0.15, 0.2) is 5.58 Å². The molecule has 7 heteroatoms. The third kappa shape index (κ3) is 3.41. The summed E-state index contributed by atoms with van der Waals surface area (Å²) in [5, 5.41) is 13.7. The molecule has 0 unspecified atom stereocenters. The average Bonchev–Trinajstić information content (AvgIpc) is 2.80. The van der Waals surface area contributed by atoms with E-state index in [9.17, 15) is 10.1 Å². The van der Waals surface area contributed by atoms with Crippen molar-refractivity contribution in [3.05, 3.63) is 28.3 Å². The van der Waals surface area contributed by atoms with Gasteiger partial charge in [-0.3, -0.25) is 10.1 Å². The van der Waals surface area contributed by atoms with Gasteiger partial charge >= 0.3 is 0 Å². The Balaban J connectivity index is 1.99. The summed E-state index contributed by atoms with van der Waals surface area (Å²) >= 11 is 0. The maximum Gasteiger partial charge on any atom is 0.295 e. The molecule has 0 atom stereocenters.